The van der Waals surface area contributed by atoms with Crippen LogP contribution in [0.3, 0.4) is 0 Å². The Labute approximate surface area is 105 Å². The van der Waals surface area contributed by atoms with E-state index >= 15 is 0 Å². The highest BCUT2D eigenvalue weighted by Gasteiger charge is 2.22. The minimum Gasteiger partial charge on any atom is -0.351 e. The average Bonchev–Trinajstić information content (AvgIpc) is 2.73. The van der Waals surface area contributed by atoms with Crippen molar-refractivity contribution in [2.45, 2.75) is 18.9 Å². The molecule has 1 radical (unpaired) electrons. The Hall–Kier alpha value is -1.97. The fraction of sp³-hybridized carbons (Fsp3) is 0.214. The second-order valence-electron chi connectivity index (χ2n) is 4.58. The molecule has 2 aromatic rings. The second kappa shape index (κ2) is 4.37. The maximum absolute atomic E-state index is 13.1. The van der Waals surface area contributed by atoms with Crippen molar-refractivity contribution in [1.82, 2.24) is 9.97 Å². The fourth-order valence-corrected chi connectivity index (χ4v) is 2.30. The van der Waals surface area contributed by atoms with Gasteiger partial charge < -0.3 is 5.32 Å². The minimum absolute atomic E-state index is 0.174. The molecule has 1 heterocycles. The number of hydrogen-bond acceptors (Lipinski definition) is 3. The van der Waals surface area contributed by atoms with Crippen molar-refractivity contribution in [3.63, 3.8) is 0 Å². The standard InChI is InChI=1S/C14H13FN3/c1-9-7-16-14(17-8-9)18-13-5-10-2-3-12(15)4-11(10)6-13/h2-4,7-8,13H,1,5-6H2,(H,16,17,18). The number of rotatable bonds is 2. The van der Waals surface area contributed by atoms with Crippen LogP contribution in [0.4, 0.5) is 10.3 Å². The van der Waals surface area contributed by atoms with Crippen molar-refractivity contribution in [2.75, 3.05) is 5.32 Å². The Morgan fingerprint density at radius 2 is 1.89 bits per heavy atom. The molecule has 0 saturated heterocycles. The van der Waals surface area contributed by atoms with Gasteiger partial charge >= 0.3 is 0 Å². The summed E-state index contributed by atoms with van der Waals surface area (Å²) in [6, 6.07) is 5.20. The van der Waals surface area contributed by atoms with Gasteiger partial charge in [-0.1, -0.05) is 6.07 Å². The van der Waals surface area contributed by atoms with E-state index in [-0.39, 0.29) is 11.9 Å². The van der Waals surface area contributed by atoms with Gasteiger partial charge in [-0.25, -0.2) is 14.4 Å². The van der Waals surface area contributed by atoms with Crippen molar-refractivity contribution >= 4 is 5.95 Å². The fourth-order valence-electron chi connectivity index (χ4n) is 2.30. The number of nitrogens with zero attached hydrogens (tertiary/aromatic N) is 2. The molecule has 0 fully saturated rings. The summed E-state index contributed by atoms with van der Waals surface area (Å²) in [5, 5.41) is 3.26. The van der Waals surface area contributed by atoms with Crippen molar-refractivity contribution in [1.29, 1.82) is 0 Å². The van der Waals surface area contributed by atoms with Crippen LogP contribution in [0.1, 0.15) is 16.7 Å². The molecule has 1 unspecified atom stereocenters. The molecule has 91 valence electrons. The van der Waals surface area contributed by atoms with E-state index < -0.39 is 0 Å². The molecule has 0 bridgehead atoms. The maximum atomic E-state index is 13.1. The number of fused-ring (bicyclic) bond motifs is 1. The Morgan fingerprint density at radius 1 is 1.17 bits per heavy atom. The number of halogens is 1. The van der Waals surface area contributed by atoms with Crippen LogP contribution < -0.4 is 5.32 Å². The van der Waals surface area contributed by atoms with E-state index in [1.807, 2.05) is 6.07 Å². The van der Waals surface area contributed by atoms with Crippen molar-refractivity contribution < 1.29 is 4.39 Å². The van der Waals surface area contributed by atoms with Crippen LogP contribution in [0.2, 0.25) is 0 Å². The SMILES string of the molecule is [CH2]c1cnc(NC2Cc3ccc(F)cc3C2)nc1. The van der Waals surface area contributed by atoms with E-state index in [9.17, 15) is 4.39 Å². The lowest BCUT2D eigenvalue weighted by Gasteiger charge is -2.11. The Morgan fingerprint density at radius 3 is 2.67 bits per heavy atom. The highest BCUT2D eigenvalue weighted by molar-refractivity contribution is 5.38. The summed E-state index contributed by atoms with van der Waals surface area (Å²) in [4.78, 5) is 8.33. The van der Waals surface area contributed by atoms with Crippen LogP contribution in [0.25, 0.3) is 0 Å². The number of hydrogen-bond donors (Lipinski definition) is 1. The predicted molar refractivity (Wildman–Crippen MR) is 67.7 cm³/mol. The van der Waals surface area contributed by atoms with E-state index in [0.717, 1.165) is 24.0 Å². The average molecular weight is 242 g/mol. The summed E-state index contributed by atoms with van der Waals surface area (Å²) in [7, 11) is 0. The smallest absolute Gasteiger partial charge is 0.222 e. The first-order valence-electron chi connectivity index (χ1n) is 5.88. The molecule has 0 saturated carbocycles. The molecular formula is C14H13FN3. The van der Waals surface area contributed by atoms with Crippen LogP contribution in [0.5, 0.6) is 0 Å². The zero-order valence-corrected chi connectivity index (χ0v) is 9.86. The molecule has 0 amide bonds. The lowest BCUT2D eigenvalue weighted by atomic mass is 10.1. The van der Waals surface area contributed by atoms with Gasteiger partial charge in [0.1, 0.15) is 5.82 Å². The Bertz CT molecular complexity index is 566. The van der Waals surface area contributed by atoms with E-state index in [1.54, 1.807) is 18.5 Å². The monoisotopic (exact) mass is 242 g/mol. The Kier molecular flexibility index (Phi) is 2.70. The van der Waals surface area contributed by atoms with Gasteiger partial charge in [0.25, 0.3) is 0 Å². The second-order valence-corrected chi connectivity index (χ2v) is 4.58. The van der Waals surface area contributed by atoms with Crippen LogP contribution in [-0.2, 0) is 12.8 Å². The molecule has 1 atom stereocenters. The third kappa shape index (κ3) is 2.18. The maximum Gasteiger partial charge on any atom is 0.222 e. The highest BCUT2D eigenvalue weighted by atomic mass is 19.1. The third-order valence-electron chi connectivity index (χ3n) is 3.14. The van der Waals surface area contributed by atoms with Crippen molar-refractivity contribution in [2.24, 2.45) is 0 Å². The molecule has 3 nitrogen and oxygen atoms in total. The first-order chi connectivity index (χ1) is 8.70. The molecule has 18 heavy (non-hydrogen) atoms. The molecule has 4 heteroatoms. The van der Waals surface area contributed by atoms with E-state index in [0.29, 0.717) is 5.95 Å². The van der Waals surface area contributed by atoms with Gasteiger partial charge in [0.2, 0.25) is 5.95 Å². The largest absolute Gasteiger partial charge is 0.351 e. The number of anilines is 1. The van der Waals surface area contributed by atoms with Gasteiger partial charge in [-0.05, 0) is 48.6 Å². The van der Waals surface area contributed by atoms with Gasteiger partial charge in [0.05, 0.1) is 0 Å². The summed E-state index contributed by atoms with van der Waals surface area (Å²) >= 11 is 0. The van der Waals surface area contributed by atoms with Gasteiger partial charge in [-0.3, -0.25) is 0 Å². The van der Waals surface area contributed by atoms with E-state index in [2.05, 4.69) is 22.2 Å². The molecule has 1 N–H and O–H groups in total. The third-order valence-corrected chi connectivity index (χ3v) is 3.14. The summed E-state index contributed by atoms with van der Waals surface area (Å²) in [6.45, 7) is 3.74. The van der Waals surface area contributed by atoms with Gasteiger partial charge in [-0.2, -0.15) is 0 Å². The number of benzene rings is 1. The summed E-state index contributed by atoms with van der Waals surface area (Å²) in [5.41, 5.74) is 3.06. The van der Waals surface area contributed by atoms with Crippen molar-refractivity contribution in [3.05, 3.63) is 60.0 Å². The number of aromatic nitrogens is 2. The summed E-state index contributed by atoms with van der Waals surface area (Å²) < 4.78 is 13.1. The quantitative estimate of drug-likeness (QED) is 0.878. The molecule has 1 aliphatic rings. The topological polar surface area (TPSA) is 37.8 Å². The van der Waals surface area contributed by atoms with Crippen LogP contribution in [-0.4, -0.2) is 16.0 Å². The van der Waals surface area contributed by atoms with Crippen LogP contribution in [0.15, 0.2) is 30.6 Å². The zero-order chi connectivity index (χ0) is 12.5. The molecule has 1 aliphatic carbocycles. The van der Waals surface area contributed by atoms with Crippen LogP contribution >= 0.6 is 0 Å². The van der Waals surface area contributed by atoms with E-state index in [1.165, 1.54) is 11.6 Å². The number of nitrogens with one attached hydrogen (secondary N) is 1. The van der Waals surface area contributed by atoms with E-state index in [4.69, 9.17) is 0 Å². The van der Waals surface area contributed by atoms with Crippen LogP contribution in [0, 0.1) is 12.7 Å². The van der Waals surface area contributed by atoms with Crippen molar-refractivity contribution in [3.8, 4) is 0 Å². The van der Waals surface area contributed by atoms with Gasteiger partial charge in [-0.15, -0.1) is 0 Å². The lowest BCUT2D eigenvalue weighted by Crippen LogP contribution is -2.20. The normalized spacial score (nSPS) is 17.6. The predicted octanol–water partition coefficient (Wildman–Crippen LogP) is 2.38. The van der Waals surface area contributed by atoms with Gasteiger partial charge in [0, 0.05) is 18.4 Å². The zero-order valence-electron chi connectivity index (χ0n) is 9.86. The van der Waals surface area contributed by atoms with Gasteiger partial charge in [0.15, 0.2) is 0 Å². The molecule has 1 aromatic heterocycles. The summed E-state index contributed by atoms with van der Waals surface area (Å²) in [5.74, 6) is 0.424. The first kappa shape index (κ1) is 11.1. The summed E-state index contributed by atoms with van der Waals surface area (Å²) in [6.07, 6.45) is 5.04. The molecule has 3 rings (SSSR count). The lowest BCUT2D eigenvalue weighted by molar-refractivity contribution is 0.625. The Balaban J connectivity index is 1.72. The first-order valence-corrected chi connectivity index (χ1v) is 5.88. The molecular weight excluding hydrogens is 229 g/mol. The molecule has 0 spiro atoms. The minimum atomic E-state index is -0.174. The molecule has 0 aliphatic heterocycles. The highest BCUT2D eigenvalue weighted by Crippen LogP contribution is 2.24. The molecule has 1 aromatic carbocycles.